The normalized spacial score (nSPS) is 16.4. The second kappa shape index (κ2) is 9.35. The molecule has 0 radical (unpaired) electrons. The van der Waals surface area contributed by atoms with Crippen molar-refractivity contribution in [2.24, 2.45) is 0 Å². The average Bonchev–Trinajstić information content (AvgIpc) is 3.21. The van der Waals surface area contributed by atoms with Crippen LogP contribution < -0.4 is 9.64 Å². The molecular weight excluding hydrogens is 396 g/mol. The Hall–Kier alpha value is -2.12. The van der Waals surface area contributed by atoms with Crippen molar-refractivity contribution in [2.75, 3.05) is 39.0 Å². The first-order valence-corrected chi connectivity index (χ1v) is 12.0. The van der Waals surface area contributed by atoms with Gasteiger partial charge in [0.25, 0.3) is 0 Å². The zero-order valence-electron chi connectivity index (χ0n) is 18.2. The van der Waals surface area contributed by atoms with Gasteiger partial charge in [0.1, 0.15) is 12.3 Å². The smallest absolute Gasteiger partial charge is 0.223 e. The van der Waals surface area contributed by atoms with E-state index in [0.717, 1.165) is 80.0 Å². The van der Waals surface area contributed by atoms with Crippen LogP contribution in [0.5, 0.6) is 5.75 Å². The molecule has 0 saturated carbocycles. The minimum Gasteiger partial charge on any atom is -0.493 e. The van der Waals surface area contributed by atoms with Gasteiger partial charge in [0, 0.05) is 29.8 Å². The number of aromatic nitrogens is 2. The van der Waals surface area contributed by atoms with Gasteiger partial charge in [0.05, 0.1) is 32.8 Å². The number of carbonyl (C=O) groups is 1. The Morgan fingerprint density at radius 1 is 1.20 bits per heavy atom. The van der Waals surface area contributed by atoms with Gasteiger partial charge >= 0.3 is 0 Å². The summed E-state index contributed by atoms with van der Waals surface area (Å²) in [5.41, 5.74) is 5.81. The quantitative estimate of drug-likeness (QED) is 0.561. The summed E-state index contributed by atoms with van der Waals surface area (Å²) in [4.78, 5) is 25.4. The van der Waals surface area contributed by atoms with Gasteiger partial charge in [0.15, 0.2) is 5.16 Å². The van der Waals surface area contributed by atoms with E-state index in [1.807, 2.05) is 25.0 Å². The largest absolute Gasteiger partial charge is 0.493 e. The van der Waals surface area contributed by atoms with Crippen LogP contribution in [0.2, 0.25) is 0 Å². The summed E-state index contributed by atoms with van der Waals surface area (Å²) in [5.74, 6) is 1.29. The van der Waals surface area contributed by atoms with Crippen LogP contribution in [0.15, 0.2) is 23.4 Å². The Bertz CT molecular complexity index is 902. The number of amides is 1. The number of quaternary nitrogens is 1. The fraction of sp³-hybridized carbons (Fsp3) is 0.522. The number of piperazine rings is 1. The van der Waals surface area contributed by atoms with Crippen LogP contribution in [0.1, 0.15) is 34.5 Å². The van der Waals surface area contributed by atoms with E-state index >= 15 is 0 Å². The number of fused-ring (bicyclic) bond motifs is 1. The molecule has 1 aromatic heterocycles. The van der Waals surface area contributed by atoms with Crippen LogP contribution in [0.25, 0.3) is 0 Å². The van der Waals surface area contributed by atoms with Gasteiger partial charge in [0.2, 0.25) is 5.91 Å². The van der Waals surface area contributed by atoms with Crippen LogP contribution in [-0.2, 0) is 24.2 Å². The van der Waals surface area contributed by atoms with E-state index in [-0.39, 0.29) is 5.91 Å². The highest BCUT2D eigenvalue weighted by Crippen LogP contribution is 2.25. The van der Waals surface area contributed by atoms with E-state index in [2.05, 4.69) is 28.2 Å². The number of hydrogen-bond acceptors (Lipinski definition) is 5. The molecule has 1 N–H and O–H groups in total. The summed E-state index contributed by atoms with van der Waals surface area (Å²) in [6, 6.07) is 6.59. The summed E-state index contributed by atoms with van der Waals surface area (Å²) >= 11 is 1.55. The Kier molecular flexibility index (Phi) is 6.58. The third-order valence-corrected chi connectivity index (χ3v) is 6.75. The molecule has 2 aliphatic rings. The summed E-state index contributed by atoms with van der Waals surface area (Å²) in [5, 5.41) is 0.801. The van der Waals surface area contributed by atoms with Crippen LogP contribution in [0.4, 0.5) is 0 Å². The SMILES string of the molecule is CSc1nc(C)c(CCC(=O)N2CC[NH+](Cc3ccc4c(c3)CCO4)CC2)c(C)n1. The van der Waals surface area contributed by atoms with Crippen molar-refractivity contribution in [1.82, 2.24) is 14.9 Å². The molecule has 0 atom stereocenters. The minimum atomic E-state index is 0.247. The Balaban J connectivity index is 1.26. The monoisotopic (exact) mass is 427 g/mol. The van der Waals surface area contributed by atoms with Crippen molar-refractivity contribution >= 4 is 17.7 Å². The summed E-state index contributed by atoms with van der Waals surface area (Å²) < 4.78 is 5.61. The lowest BCUT2D eigenvalue weighted by Crippen LogP contribution is -3.13. The van der Waals surface area contributed by atoms with Crippen LogP contribution in [0.3, 0.4) is 0 Å². The minimum absolute atomic E-state index is 0.247. The second-order valence-electron chi connectivity index (χ2n) is 8.21. The number of thioether (sulfide) groups is 1. The molecule has 30 heavy (non-hydrogen) atoms. The number of nitrogens with zero attached hydrogens (tertiary/aromatic N) is 3. The van der Waals surface area contributed by atoms with E-state index in [9.17, 15) is 4.79 Å². The molecule has 0 spiro atoms. The third kappa shape index (κ3) is 4.78. The van der Waals surface area contributed by atoms with Crippen molar-refractivity contribution in [2.45, 2.75) is 44.8 Å². The number of hydrogen-bond donors (Lipinski definition) is 1. The first-order valence-electron chi connectivity index (χ1n) is 10.8. The van der Waals surface area contributed by atoms with Crippen molar-refractivity contribution in [3.05, 3.63) is 46.3 Å². The van der Waals surface area contributed by atoms with E-state index in [0.29, 0.717) is 6.42 Å². The van der Waals surface area contributed by atoms with Crippen LogP contribution in [0, 0.1) is 13.8 Å². The number of carbonyl (C=O) groups excluding carboxylic acids is 1. The molecule has 0 unspecified atom stereocenters. The number of aryl methyl sites for hydroxylation is 2. The molecule has 0 aliphatic carbocycles. The van der Waals surface area contributed by atoms with E-state index in [1.165, 1.54) is 11.1 Å². The molecule has 1 aromatic carbocycles. The first-order chi connectivity index (χ1) is 14.5. The molecule has 6 nitrogen and oxygen atoms in total. The van der Waals surface area contributed by atoms with E-state index in [1.54, 1.807) is 16.7 Å². The topological polar surface area (TPSA) is 59.8 Å². The molecular formula is C23H31N4O2S+. The molecule has 2 aliphatic heterocycles. The summed E-state index contributed by atoms with van der Waals surface area (Å²) in [6.07, 6.45) is 4.25. The lowest BCUT2D eigenvalue weighted by Gasteiger charge is -2.32. The molecule has 1 amide bonds. The van der Waals surface area contributed by atoms with Crippen LogP contribution in [-0.4, -0.2) is 59.8 Å². The number of nitrogens with one attached hydrogen (secondary N) is 1. The van der Waals surface area contributed by atoms with Crippen molar-refractivity contribution in [1.29, 1.82) is 0 Å². The predicted molar refractivity (Wildman–Crippen MR) is 118 cm³/mol. The fourth-order valence-corrected chi connectivity index (χ4v) is 4.90. The summed E-state index contributed by atoms with van der Waals surface area (Å²) in [7, 11) is 0. The van der Waals surface area contributed by atoms with Gasteiger partial charge in [-0.15, -0.1) is 0 Å². The number of benzene rings is 1. The maximum absolute atomic E-state index is 12.8. The highest BCUT2D eigenvalue weighted by Gasteiger charge is 2.24. The van der Waals surface area contributed by atoms with Gasteiger partial charge in [-0.25, -0.2) is 9.97 Å². The second-order valence-corrected chi connectivity index (χ2v) is 8.98. The number of rotatable bonds is 6. The summed E-state index contributed by atoms with van der Waals surface area (Å²) in [6.45, 7) is 9.53. The molecule has 7 heteroatoms. The zero-order chi connectivity index (χ0) is 21.1. The number of ether oxygens (including phenoxy) is 1. The Labute approximate surface area is 183 Å². The maximum Gasteiger partial charge on any atom is 0.223 e. The molecule has 1 saturated heterocycles. The lowest BCUT2D eigenvalue weighted by atomic mass is 10.1. The van der Waals surface area contributed by atoms with E-state index in [4.69, 9.17) is 4.74 Å². The Morgan fingerprint density at radius 3 is 2.63 bits per heavy atom. The Morgan fingerprint density at radius 2 is 1.93 bits per heavy atom. The van der Waals surface area contributed by atoms with Gasteiger partial charge < -0.3 is 14.5 Å². The highest BCUT2D eigenvalue weighted by atomic mass is 32.2. The third-order valence-electron chi connectivity index (χ3n) is 6.20. The van der Waals surface area contributed by atoms with Crippen LogP contribution >= 0.6 is 11.8 Å². The highest BCUT2D eigenvalue weighted by molar-refractivity contribution is 7.98. The average molecular weight is 428 g/mol. The van der Waals surface area contributed by atoms with Crippen molar-refractivity contribution < 1.29 is 14.4 Å². The lowest BCUT2D eigenvalue weighted by molar-refractivity contribution is -0.917. The molecule has 0 bridgehead atoms. The zero-order valence-corrected chi connectivity index (χ0v) is 19.0. The van der Waals surface area contributed by atoms with Gasteiger partial charge in [-0.3, -0.25) is 4.79 Å². The standard InChI is InChI=1S/C23H30N4O2S/c1-16-20(17(2)25-23(24-16)30-3)5-7-22(28)27-11-9-26(10-12-27)15-18-4-6-21-19(14-18)8-13-29-21/h4,6,14H,5,7-13,15H2,1-3H3/p+1. The molecule has 3 heterocycles. The van der Waals surface area contributed by atoms with Gasteiger partial charge in [-0.05, 0) is 55.9 Å². The van der Waals surface area contributed by atoms with Crippen molar-refractivity contribution in [3.8, 4) is 5.75 Å². The van der Waals surface area contributed by atoms with Gasteiger partial charge in [-0.2, -0.15) is 0 Å². The molecule has 4 rings (SSSR count). The maximum atomic E-state index is 12.8. The first kappa shape index (κ1) is 21.1. The molecule has 1 fully saturated rings. The van der Waals surface area contributed by atoms with Gasteiger partial charge in [-0.1, -0.05) is 11.8 Å². The van der Waals surface area contributed by atoms with E-state index < -0.39 is 0 Å². The molecule has 2 aromatic rings. The van der Waals surface area contributed by atoms with Crippen molar-refractivity contribution in [3.63, 3.8) is 0 Å². The predicted octanol–water partition coefficient (Wildman–Crippen LogP) is 1.61. The molecule has 160 valence electrons. The fourth-order valence-electron chi connectivity index (χ4n) is 4.44.